The third kappa shape index (κ3) is 1.26. The molecule has 0 spiro atoms. The summed E-state index contributed by atoms with van der Waals surface area (Å²) in [6, 6.07) is 2.14. The average Bonchev–Trinajstić information content (AvgIpc) is 2.87. The topological polar surface area (TPSA) is 37.8 Å². The van der Waals surface area contributed by atoms with Crippen LogP contribution in [0.4, 0.5) is 5.82 Å². The van der Waals surface area contributed by atoms with E-state index in [1.807, 2.05) is 14.0 Å². The molecular weight excluding hydrogens is 150 g/mol. The Kier molecular flexibility index (Phi) is 1.71. The molecule has 0 saturated heterocycles. The fraction of sp³-hybridized carbons (Fsp3) is 0.556. The Morgan fingerprint density at radius 2 is 2.17 bits per heavy atom. The second-order valence-corrected chi connectivity index (χ2v) is 3.31. The molecule has 12 heavy (non-hydrogen) atoms. The van der Waals surface area contributed by atoms with Crippen molar-refractivity contribution >= 4 is 5.82 Å². The molecule has 3 heteroatoms. The van der Waals surface area contributed by atoms with Gasteiger partial charge in [-0.3, -0.25) is 0 Å². The van der Waals surface area contributed by atoms with Crippen LogP contribution in [0.2, 0.25) is 0 Å². The number of rotatable bonds is 2. The van der Waals surface area contributed by atoms with Crippen molar-refractivity contribution in [2.45, 2.75) is 25.7 Å². The lowest BCUT2D eigenvalue weighted by molar-refractivity contribution is 0.943. The second-order valence-electron chi connectivity index (χ2n) is 3.31. The fourth-order valence-corrected chi connectivity index (χ4v) is 1.41. The van der Waals surface area contributed by atoms with E-state index in [2.05, 4.69) is 21.6 Å². The summed E-state index contributed by atoms with van der Waals surface area (Å²) in [7, 11) is 1.89. The monoisotopic (exact) mass is 163 g/mol. The summed E-state index contributed by atoms with van der Waals surface area (Å²) in [5.41, 5.74) is 2.35. The van der Waals surface area contributed by atoms with Crippen molar-refractivity contribution in [1.29, 1.82) is 0 Å². The first-order chi connectivity index (χ1) is 5.81. The minimum absolute atomic E-state index is 0.738. The minimum Gasteiger partial charge on any atom is -0.371 e. The lowest BCUT2D eigenvalue weighted by Gasteiger charge is -2.05. The van der Waals surface area contributed by atoms with E-state index in [1.54, 1.807) is 0 Å². The molecule has 0 aromatic carbocycles. The molecule has 0 bridgehead atoms. The van der Waals surface area contributed by atoms with Crippen molar-refractivity contribution in [3.05, 3.63) is 17.3 Å². The third-order valence-corrected chi connectivity index (χ3v) is 2.20. The quantitative estimate of drug-likeness (QED) is 0.721. The van der Waals surface area contributed by atoms with Crippen LogP contribution >= 0.6 is 0 Å². The van der Waals surface area contributed by atoms with E-state index >= 15 is 0 Å². The Labute approximate surface area is 72.2 Å². The van der Waals surface area contributed by atoms with Crippen LogP contribution < -0.4 is 5.32 Å². The van der Waals surface area contributed by atoms with E-state index in [0.717, 1.165) is 17.4 Å². The molecule has 0 unspecified atom stereocenters. The Hall–Kier alpha value is -1.12. The van der Waals surface area contributed by atoms with Gasteiger partial charge in [-0.25, -0.2) is 0 Å². The van der Waals surface area contributed by atoms with E-state index < -0.39 is 0 Å². The molecule has 2 rings (SSSR count). The van der Waals surface area contributed by atoms with Gasteiger partial charge in [-0.05, 0) is 31.7 Å². The highest BCUT2D eigenvalue weighted by atomic mass is 15.2. The van der Waals surface area contributed by atoms with Gasteiger partial charge in [-0.2, -0.15) is 5.10 Å². The molecule has 3 nitrogen and oxygen atoms in total. The lowest BCUT2D eigenvalue weighted by Crippen LogP contribution is -2.00. The number of hydrogen-bond acceptors (Lipinski definition) is 3. The molecule has 0 amide bonds. The summed E-state index contributed by atoms with van der Waals surface area (Å²) in [5, 5.41) is 11.2. The van der Waals surface area contributed by atoms with Crippen molar-refractivity contribution in [3.8, 4) is 0 Å². The number of hydrogen-bond donors (Lipinski definition) is 1. The van der Waals surface area contributed by atoms with Crippen LogP contribution in [0, 0.1) is 6.92 Å². The van der Waals surface area contributed by atoms with E-state index in [1.165, 1.54) is 18.4 Å². The molecule has 0 radical (unpaired) electrons. The molecule has 0 atom stereocenters. The van der Waals surface area contributed by atoms with Crippen LogP contribution in [0.15, 0.2) is 6.07 Å². The summed E-state index contributed by atoms with van der Waals surface area (Å²) in [6.45, 7) is 1.98. The first-order valence-corrected chi connectivity index (χ1v) is 4.33. The van der Waals surface area contributed by atoms with Gasteiger partial charge in [0.2, 0.25) is 0 Å². The number of aromatic nitrogens is 2. The van der Waals surface area contributed by atoms with Gasteiger partial charge in [0.1, 0.15) is 0 Å². The normalized spacial score (nSPS) is 16.2. The van der Waals surface area contributed by atoms with Crippen LogP contribution in [0.1, 0.15) is 30.0 Å². The van der Waals surface area contributed by atoms with Crippen LogP contribution in [-0.4, -0.2) is 17.2 Å². The summed E-state index contributed by atoms with van der Waals surface area (Å²) in [4.78, 5) is 0. The number of nitrogens with one attached hydrogen (secondary N) is 1. The zero-order valence-corrected chi connectivity index (χ0v) is 7.46. The zero-order chi connectivity index (χ0) is 8.55. The van der Waals surface area contributed by atoms with Gasteiger partial charge in [-0.15, -0.1) is 5.10 Å². The molecule has 1 fully saturated rings. The predicted molar refractivity (Wildman–Crippen MR) is 48.3 cm³/mol. The first-order valence-electron chi connectivity index (χ1n) is 4.33. The van der Waals surface area contributed by atoms with E-state index in [9.17, 15) is 0 Å². The molecule has 1 aromatic heterocycles. The second kappa shape index (κ2) is 2.73. The average molecular weight is 163 g/mol. The van der Waals surface area contributed by atoms with Gasteiger partial charge in [0, 0.05) is 12.6 Å². The van der Waals surface area contributed by atoms with Gasteiger partial charge in [0.25, 0.3) is 0 Å². The Morgan fingerprint density at radius 3 is 2.75 bits per heavy atom. The molecule has 1 aliphatic rings. The lowest BCUT2D eigenvalue weighted by atomic mass is 10.1. The largest absolute Gasteiger partial charge is 0.371 e. The molecule has 1 aliphatic carbocycles. The molecule has 1 aromatic rings. The Bertz CT molecular complexity index is 292. The van der Waals surface area contributed by atoms with Gasteiger partial charge < -0.3 is 5.32 Å². The molecule has 1 saturated carbocycles. The van der Waals surface area contributed by atoms with Crippen molar-refractivity contribution in [1.82, 2.24) is 10.2 Å². The van der Waals surface area contributed by atoms with Crippen LogP contribution in [0.3, 0.4) is 0 Å². The van der Waals surface area contributed by atoms with Crippen molar-refractivity contribution < 1.29 is 0 Å². The Balaban J connectivity index is 2.39. The molecular formula is C9H13N3. The number of anilines is 1. The molecule has 1 N–H and O–H groups in total. The van der Waals surface area contributed by atoms with Gasteiger partial charge in [0.15, 0.2) is 5.82 Å². The van der Waals surface area contributed by atoms with Crippen LogP contribution in [0.5, 0.6) is 0 Å². The molecule has 1 heterocycles. The predicted octanol–water partition coefficient (Wildman–Crippen LogP) is 1.70. The van der Waals surface area contributed by atoms with Crippen molar-refractivity contribution in [2.75, 3.05) is 12.4 Å². The van der Waals surface area contributed by atoms with E-state index in [4.69, 9.17) is 0 Å². The van der Waals surface area contributed by atoms with Gasteiger partial charge >= 0.3 is 0 Å². The SMILES string of the molecule is CNc1nnc(C)cc1C1CC1. The fourth-order valence-electron chi connectivity index (χ4n) is 1.41. The summed E-state index contributed by atoms with van der Waals surface area (Å²) in [5.74, 6) is 1.68. The summed E-state index contributed by atoms with van der Waals surface area (Å²) in [6.07, 6.45) is 2.61. The molecule has 64 valence electrons. The maximum Gasteiger partial charge on any atom is 0.151 e. The zero-order valence-electron chi connectivity index (χ0n) is 7.46. The van der Waals surface area contributed by atoms with Crippen LogP contribution in [-0.2, 0) is 0 Å². The number of nitrogens with zero attached hydrogens (tertiary/aromatic N) is 2. The standard InChI is InChI=1S/C9H13N3/c1-6-5-8(7-3-4-7)9(10-2)12-11-6/h5,7H,3-4H2,1-2H3,(H,10,12). The first kappa shape index (κ1) is 7.53. The van der Waals surface area contributed by atoms with Crippen molar-refractivity contribution in [2.24, 2.45) is 0 Å². The van der Waals surface area contributed by atoms with E-state index in [0.29, 0.717) is 0 Å². The summed E-state index contributed by atoms with van der Waals surface area (Å²) < 4.78 is 0. The number of aryl methyl sites for hydroxylation is 1. The highest BCUT2D eigenvalue weighted by Crippen LogP contribution is 2.42. The minimum atomic E-state index is 0.738. The van der Waals surface area contributed by atoms with Crippen molar-refractivity contribution in [3.63, 3.8) is 0 Å². The third-order valence-electron chi connectivity index (χ3n) is 2.20. The highest BCUT2D eigenvalue weighted by Gasteiger charge is 2.26. The maximum absolute atomic E-state index is 4.10. The van der Waals surface area contributed by atoms with Gasteiger partial charge in [0.05, 0.1) is 5.69 Å². The smallest absolute Gasteiger partial charge is 0.151 e. The molecule has 0 aliphatic heterocycles. The Morgan fingerprint density at radius 1 is 1.42 bits per heavy atom. The van der Waals surface area contributed by atoms with Crippen LogP contribution in [0.25, 0.3) is 0 Å². The van der Waals surface area contributed by atoms with E-state index in [-0.39, 0.29) is 0 Å². The maximum atomic E-state index is 4.10. The highest BCUT2D eigenvalue weighted by molar-refractivity contribution is 5.46. The van der Waals surface area contributed by atoms with Gasteiger partial charge in [-0.1, -0.05) is 0 Å². The summed E-state index contributed by atoms with van der Waals surface area (Å²) >= 11 is 0.